The van der Waals surface area contributed by atoms with Crippen LogP contribution < -0.4 is 10.2 Å². The molecule has 5 heteroatoms. The largest absolute Gasteiger partial charge is 0.372 e. The average molecular weight is 330 g/mol. The third-order valence-electron chi connectivity index (χ3n) is 4.91. The van der Waals surface area contributed by atoms with E-state index in [9.17, 15) is 9.59 Å². The summed E-state index contributed by atoms with van der Waals surface area (Å²) in [5, 5.41) is 2.87. The zero-order valence-electron chi connectivity index (χ0n) is 14.3. The number of carbonyl (C=O) groups is 2. The molecule has 1 aliphatic heterocycles. The van der Waals surface area contributed by atoms with Gasteiger partial charge in [-0.15, -0.1) is 0 Å². The van der Waals surface area contributed by atoms with E-state index >= 15 is 0 Å². The normalized spacial score (nSPS) is 17.1. The standard InChI is InChI=1S/C19H26N2O3/c1-2-24-13-18(22)20-12-14-8-9-17-16(11-14)7-4-10-21(17)19(23)15-5-3-6-15/h8-9,11,15H,2-7,10,12-13H2,1H3,(H,20,22). The summed E-state index contributed by atoms with van der Waals surface area (Å²) in [5.74, 6) is 0.421. The average Bonchev–Trinajstić information content (AvgIpc) is 2.55. The molecule has 0 radical (unpaired) electrons. The van der Waals surface area contributed by atoms with Crippen LogP contribution in [-0.4, -0.2) is 31.6 Å². The molecule has 2 aliphatic rings. The van der Waals surface area contributed by atoms with Crippen molar-refractivity contribution in [3.63, 3.8) is 0 Å². The first-order chi connectivity index (χ1) is 11.7. The van der Waals surface area contributed by atoms with E-state index in [2.05, 4.69) is 11.4 Å². The number of rotatable bonds is 6. The molecule has 1 aromatic rings. The molecule has 1 aliphatic carbocycles. The van der Waals surface area contributed by atoms with Gasteiger partial charge in [0.25, 0.3) is 0 Å². The van der Waals surface area contributed by atoms with Gasteiger partial charge in [0.2, 0.25) is 11.8 Å². The van der Waals surface area contributed by atoms with Gasteiger partial charge in [-0.3, -0.25) is 9.59 Å². The fraction of sp³-hybridized carbons (Fsp3) is 0.579. The molecular formula is C19H26N2O3. The maximum absolute atomic E-state index is 12.6. The van der Waals surface area contributed by atoms with Gasteiger partial charge in [0, 0.05) is 31.3 Å². The van der Waals surface area contributed by atoms with Crippen molar-refractivity contribution in [2.24, 2.45) is 5.92 Å². The van der Waals surface area contributed by atoms with E-state index in [-0.39, 0.29) is 18.4 Å². The van der Waals surface area contributed by atoms with Gasteiger partial charge in [-0.25, -0.2) is 0 Å². The van der Waals surface area contributed by atoms with E-state index < -0.39 is 0 Å². The van der Waals surface area contributed by atoms with Crippen LogP contribution >= 0.6 is 0 Å². The fourth-order valence-electron chi connectivity index (χ4n) is 3.31. The summed E-state index contributed by atoms with van der Waals surface area (Å²) in [5.41, 5.74) is 3.34. The Hall–Kier alpha value is -1.88. The van der Waals surface area contributed by atoms with Crippen LogP contribution in [0.25, 0.3) is 0 Å². The van der Waals surface area contributed by atoms with Gasteiger partial charge in [0.15, 0.2) is 0 Å². The van der Waals surface area contributed by atoms with Crippen molar-refractivity contribution < 1.29 is 14.3 Å². The zero-order valence-corrected chi connectivity index (χ0v) is 14.3. The lowest BCUT2D eigenvalue weighted by molar-refractivity contribution is -0.126. The van der Waals surface area contributed by atoms with E-state index in [0.29, 0.717) is 19.1 Å². The van der Waals surface area contributed by atoms with E-state index in [1.54, 1.807) is 0 Å². The minimum absolute atomic E-state index is 0.101. The Kier molecular flexibility index (Phi) is 5.51. The van der Waals surface area contributed by atoms with E-state index in [4.69, 9.17) is 4.74 Å². The van der Waals surface area contributed by atoms with E-state index in [0.717, 1.165) is 43.5 Å². The Labute approximate surface area is 143 Å². The summed E-state index contributed by atoms with van der Waals surface area (Å²) in [6.07, 6.45) is 5.25. The van der Waals surface area contributed by atoms with Crippen LogP contribution in [0.4, 0.5) is 5.69 Å². The first-order valence-electron chi connectivity index (χ1n) is 8.96. The molecule has 0 aromatic heterocycles. The van der Waals surface area contributed by atoms with Crippen molar-refractivity contribution in [3.05, 3.63) is 29.3 Å². The lowest BCUT2D eigenvalue weighted by atomic mass is 9.83. The van der Waals surface area contributed by atoms with Gasteiger partial charge < -0.3 is 15.0 Å². The molecule has 1 N–H and O–H groups in total. The minimum Gasteiger partial charge on any atom is -0.372 e. The molecule has 0 spiro atoms. The number of hydrogen-bond donors (Lipinski definition) is 1. The number of nitrogens with zero attached hydrogens (tertiary/aromatic N) is 1. The third-order valence-corrected chi connectivity index (χ3v) is 4.91. The Morgan fingerprint density at radius 1 is 1.29 bits per heavy atom. The number of fused-ring (bicyclic) bond motifs is 1. The third kappa shape index (κ3) is 3.78. The first-order valence-corrected chi connectivity index (χ1v) is 8.96. The molecule has 1 aromatic carbocycles. The van der Waals surface area contributed by atoms with Crippen molar-refractivity contribution in [2.45, 2.75) is 45.6 Å². The molecule has 0 atom stereocenters. The Morgan fingerprint density at radius 2 is 2.12 bits per heavy atom. The lowest BCUT2D eigenvalue weighted by Crippen LogP contribution is -2.41. The molecule has 130 valence electrons. The Bertz CT molecular complexity index is 611. The Balaban J connectivity index is 1.64. The molecule has 0 unspecified atom stereocenters. The second-order valence-electron chi connectivity index (χ2n) is 6.60. The summed E-state index contributed by atoms with van der Waals surface area (Å²) in [7, 11) is 0. The molecule has 1 fully saturated rings. The maximum atomic E-state index is 12.6. The topological polar surface area (TPSA) is 58.6 Å². The van der Waals surface area contributed by atoms with Crippen molar-refractivity contribution >= 4 is 17.5 Å². The molecule has 1 saturated carbocycles. The van der Waals surface area contributed by atoms with Gasteiger partial charge in [-0.05, 0) is 49.8 Å². The second kappa shape index (κ2) is 7.79. The van der Waals surface area contributed by atoms with Gasteiger partial charge in [-0.2, -0.15) is 0 Å². The van der Waals surface area contributed by atoms with Gasteiger partial charge in [-0.1, -0.05) is 18.6 Å². The highest BCUT2D eigenvalue weighted by Crippen LogP contribution is 2.34. The van der Waals surface area contributed by atoms with Crippen molar-refractivity contribution in [1.29, 1.82) is 0 Å². The van der Waals surface area contributed by atoms with Gasteiger partial charge in [0.1, 0.15) is 6.61 Å². The molecule has 2 amide bonds. The van der Waals surface area contributed by atoms with Crippen LogP contribution in [0.1, 0.15) is 43.7 Å². The van der Waals surface area contributed by atoms with E-state index in [1.165, 1.54) is 12.0 Å². The predicted octanol–water partition coefficient (Wildman–Crippen LogP) is 2.42. The van der Waals surface area contributed by atoms with Gasteiger partial charge >= 0.3 is 0 Å². The fourth-order valence-corrected chi connectivity index (χ4v) is 3.31. The maximum Gasteiger partial charge on any atom is 0.246 e. The summed E-state index contributed by atoms with van der Waals surface area (Å²) in [6.45, 7) is 3.83. The number of amides is 2. The van der Waals surface area contributed by atoms with Crippen LogP contribution in [0.2, 0.25) is 0 Å². The van der Waals surface area contributed by atoms with Crippen LogP contribution in [0.5, 0.6) is 0 Å². The van der Waals surface area contributed by atoms with Crippen molar-refractivity contribution in [1.82, 2.24) is 5.32 Å². The highest BCUT2D eigenvalue weighted by Gasteiger charge is 2.32. The SMILES string of the molecule is CCOCC(=O)NCc1ccc2c(c1)CCCN2C(=O)C1CCC1. The summed E-state index contributed by atoms with van der Waals surface area (Å²) in [6, 6.07) is 6.16. The lowest BCUT2D eigenvalue weighted by Gasteiger charge is -2.35. The van der Waals surface area contributed by atoms with Crippen molar-refractivity contribution in [3.8, 4) is 0 Å². The number of benzene rings is 1. The molecule has 5 nitrogen and oxygen atoms in total. The van der Waals surface area contributed by atoms with E-state index in [1.807, 2.05) is 24.0 Å². The number of carbonyl (C=O) groups excluding carboxylic acids is 2. The van der Waals surface area contributed by atoms with Crippen molar-refractivity contribution in [2.75, 3.05) is 24.7 Å². The van der Waals surface area contributed by atoms with Crippen LogP contribution in [0.15, 0.2) is 18.2 Å². The number of aryl methyl sites for hydroxylation is 1. The predicted molar refractivity (Wildman–Crippen MR) is 92.8 cm³/mol. The summed E-state index contributed by atoms with van der Waals surface area (Å²) >= 11 is 0. The zero-order chi connectivity index (χ0) is 16.9. The smallest absolute Gasteiger partial charge is 0.246 e. The Morgan fingerprint density at radius 3 is 2.83 bits per heavy atom. The van der Waals surface area contributed by atoms with Crippen LogP contribution in [0.3, 0.4) is 0 Å². The number of hydrogen-bond acceptors (Lipinski definition) is 3. The quantitative estimate of drug-likeness (QED) is 0.871. The molecular weight excluding hydrogens is 304 g/mol. The summed E-state index contributed by atoms with van der Waals surface area (Å²) < 4.78 is 5.10. The highest BCUT2D eigenvalue weighted by molar-refractivity contribution is 5.96. The number of nitrogens with one attached hydrogen (secondary N) is 1. The molecule has 1 heterocycles. The molecule has 24 heavy (non-hydrogen) atoms. The van der Waals surface area contributed by atoms with Crippen LogP contribution in [0, 0.1) is 5.92 Å². The monoisotopic (exact) mass is 330 g/mol. The highest BCUT2D eigenvalue weighted by atomic mass is 16.5. The number of anilines is 1. The van der Waals surface area contributed by atoms with Crippen LogP contribution in [-0.2, 0) is 27.3 Å². The molecule has 0 bridgehead atoms. The van der Waals surface area contributed by atoms with Gasteiger partial charge in [0.05, 0.1) is 0 Å². The molecule has 3 rings (SSSR count). The molecule has 0 saturated heterocycles. The minimum atomic E-state index is -0.101. The summed E-state index contributed by atoms with van der Waals surface area (Å²) in [4.78, 5) is 26.2. The first kappa shape index (κ1) is 17.0. The number of ether oxygens (including phenoxy) is 1. The second-order valence-corrected chi connectivity index (χ2v) is 6.60.